The zero-order valence-electron chi connectivity index (χ0n) is 13.0. The van der Waals surface area contributed by atoms with Crippen LogP contribution in [-0.2, 0) is 9.47 Å². The number of ether oxygens (including phenoxy) is 3. The van der Waals surface area contributed by atoms with E-state index in [1.165, 1.54) is 17.8 Å². The fourth-order valence-electron chi connectivity index (χ4n) is 2.97. The summed E-state index contributed by atoms with van der Waals surface area (Å²) in [6.45, 7) is 1.43. The Hall–Kier alpha value is -1.55. The molecule has 1 N–H and O–H groups in total. The van der Waals surface area contributed by atoms with Crippen LogP contribution in [0.25, 0.3) is 0 Å². The molecule has 0 spiro atoms. The van der Waals surface area contributed by atoms with E-state index < -0.39 is 5.54 Å². The minimum Gasteiger partial charge on any atom is -0.487 e. The third-order valence-electron chi connectivity index (χ3n) is 4.24. The highest BCUT2D eigenvalue weighted by molar-refractivity contribution is 7.12. The van der Waals surface area contributed by atoms with Crippen LogP contribution in [0.5, 0.6) is 5.75 Å². The van der Waals surface area contributed by atoms with Gasteiger partial charge in [-0.1, -0.05) is 25.2 Å². The number of terminal acetylenes is 1. The lowest BCUT2D eigenvalue weighted by atomic mass is 9.82. The zero-order valence-corrected chi connectivity index (χ0v) is 13.8. The van der Waals surface area contributed by atoms with Gasteiger partial charge < -0.3 is 19.5 Å². The number of carbonyl (C=O) groups excluding carboxylic acids is 1. The maximum absolute atomic E-state index is 12.6. The molecule has 1 saturated carbocycles. The normalized spacial score (nSPS) is 20.8. The van der Waals surface area contributed by atoms with Crippen LogP contribution in [0.3, 0.4) is 0 Å². The Morgan fingerprint density at radius 1 is 1.39 bits per heavy atom. The van der Waals surface area contributed by atoms with E-state index >= 15 is 0 Å². The molecule has 0 aromatic carbocycles. The fraction of sp³-hybridized carbons (Fsp3) is 0.588. The summed E-state index contributed by atoms with van der Waals surface area (Å²) >= 11 is 1.35. The Morgan fingerprint density at radius 3 is 2.83 bits per heavy atom. The molecular formula is C17H21NO4S. The monoisotopic (exact) mass is 335 g/mol. The van der Waals surface area contributed by atoms with Crippen LogP contribution < -0.4 is 10.1 Å². The van der Waals surface area contributed by atoms with Gasteiger partial charge in [-0.3, -0.25) is 4.79 Å². The van der Waals surface area contributed by atoms with E-state index in [0.717, 1.165) is 25.7 Å². The van der Waals surface area contributed by atoms with E-state index in [2.05, 4.69) is 11.2 Å². The van der Waals surface area contributed by atoms with Crippen LogP contribution in [0, 0.1) is 12.3 Å². The van der Waals surface area contributed by atoms with Crippen LogP contribution in [0.1, 0.15) is 41.8 Å². The average molecular weight is 335 g/mol. The van der Waals surface area contributed by atoms with Crippen molar-refractivity contribution in [2.75, 3.05) is 19.8 Å². The average Bonchev–Trinajstić information content (AvgIpc) is 3.25. The highest BCUT2D eigenvalue weighted by Crippen LogP contribution is 2.30. The molecule has 1 aromatic rings. The van der Waals surface area contributed by atoms with Crippen molar-refractivity contribution in [2.45, 2.75) is 43.9 Å². The first-order valence-corrected chi connectivity index (χ1v) is 8.84. The first kappa shape index (κ1) is 16.3. The molecule has 0 radical (unpaired) electrons. The van der Waals surface area contributed by atoms with Crippen molar-refractivity contribution in [1.82, 2.24) is 5.32 Å². The number of hydrogen-bond acceptors (Lipinski definition) is 5. The van der Waals surface area contributed by atoms with Gasteiger partial charge in [0.1, 0.15) is 22.8 Å². The van der Waals surface area contributed by atoms with Gasteiger partial charge in [0.2, 0.25) is 0 Å². The number of hydrogen-bond donors (Lipinski definition) is 1. The van der Waals surface area contributed by atoms with E-state index in [-0.39, 0.29) is 18.8 Å². The van der Waals surface area contributed by atoms with Crippen molar-refractivity contribution in [3.8, 4) is 18.1 Å². The topological polar surface area (TPSA) is 56.8 Å². The second-order valence-corrected chi connectivity index (χ2v) is 6.75. The first-order chi connectivity index (χ1) is 11.2. The molecule has 1 aromatic heterocycles. The van der Waals surface area contributed by atoms with Gasteiger partial charge in [0.15, 0.2) is 6.29 Å². The lowest BCUT2D eigenvalue weighted by molar-refractivity contribution is -0.0684. The maximum atomic E-state index is 12.6. The first-order valence-electron chi connectivity index (χ1n) is 7.96. The van der Waals surface area contributed by atoms with Gasteiger partial charge in [-0.2, -0.15) is 0 Å². The number of nitrogens with one attached hydrogen (secondary N) is 1. The molecular weight excluding hydrogens is 314 g/mol. The third kappa shape index (κ3) is 3.86. The summed E-state index contributed by atoms with van der Waals surface area (Å²) < 4.78 is 16.4. The summed E-state index contributed by atoms with van der Waals surface area (Å²) in [6, 6.07) is 1.79. The summed E-state index contributed by atoms with van der Waals surface area (Å²) in [6.07, 6.45) is 10.3. The van der Waals surface area contributed by atoms with E-state index in [0.29, 0.717) is 23.8 Å². The van der Waals surface area contributed by atoms with Gasteiger partial charge in [-0.05, 0) is 24.3 Å². The van der Waals surface area contributed by atoms with Gasteiger partial charge in [-0.15, -0.1) is 17.8 Å². The standard InChI is InChI=1S/C17H21NO4S/c1-2-17(7-4-3-5-8-17)18-16(19)15-13(6-11-23-15)22-12-14-20-9-10-21-14/h1,6,11,14H,3-5,7-10,12H2,(H,18,19). The highest BCUT2D eigenvalue weighted by atomic mass is 32.1. The van der Waals surface area contributed by atoms with Crippen molar-refractivity contribution < 1.29 is 19.0 Å². The van der Waals surface area contributed by atoms with Crippen molar-refractivity contribution in [2.24, 2.45) is 0 Å². The molecule has 3 rings (SSSR count). The van der Waals surface area contributed by atoms with E-state index in [9.17, 15) is 4.79 Å². The minimum absolute atomic E-state index is 0.164. The second kappa shape index (κ2) is 7.35. The van der Waals surface area contributed by atoms with Crippen LogP contribution in [0.15, 0.2) is 11.4 Å². The van der Waals surface area contributed by atoms with Crippen LogP contribution in [-0.4, -0.2) is 37.6 Å². The number of amides is 1. The molecule has 1 saturated heterocycles. The van der Waals surface area contributed by atoms with Gasteiger partial charge >= 0.3 is 0 Å². The SMILES string of the molecule is C#CC1(NC(=O)c2sccc2OCC2OCCO2)CCCCC1. The van der Waals surface area contributed by atoms with E-state index in [4.69, 9.17) is 20.6 Å². The van der Waals surface area contributed by atoms with E-state index in [1.807, 2.05) is 5.38 Å². The Kier molecular flexibility index (Phi) is 5.21. The molecule has 0 bridgehead atoms. The number of rotatable bonds is 5. The molecule has 23 heavy (non-hydrogen) atoms. The summed E-state index contributed by atoms with van der Waals surface area (Å²) in [4.78, 5) is 13.2. The lowest BCUT2D eigenvalue weighted by Crippen LogP contribution is -2.48. The van der Waals surface area contributed by atoms with Crippen molar-refractivity contribution in [3.63, 3.8) is 0 Å². The van der Waals surface area contributed by atoms with Crippen LogP contribution in [0.4, 0.5) is 0 Å². The van der Waals surface area contributed by atoms with Gasteiger partial charge in [-0.25, -0.2) is 0 Å². The molecule has 2 aliphatic rings. The maximum Gasteiger partial charge on any atom is 0.266 e. The van der Waals surface area contributed by atoms with E-state index in [1.54, 1.807) is 6.07 Å². The van der Waals surface area contributed by atoms with Gasteiger partial charge in [0, 0.05) is 0 Å². The summed E-state index contributed by atoms with van der Waals surface area (Å²) in [7, 11) is 0. The predicted molar refractivity (Wildman–Crippen MR) is 87.6 cm³/mol. The molecule has 0 atom stereocenters. The summed E-state index contributed by atoms with van der Waals surface area (Å²) in [5, 5.41) is 4.88. The Balaban J connectivity index is 1.63. The van der Waals surface area contributed by atoms with Crippen LogP contribution >= 0.6 is 11.3 Å². The molecule has 0 unspecified atom stereocenters. The molecule has 5 nitrogen and oxygen atoms in total. The third-order valence-corrected chi connectivity index (χ3v) is 5.13. The minimum atomic E-state index is -0.520. The molecule has 1 amide bonds. The van der Waals surface area contributed by atoms with Gasteiger partial charge in [0.05, 0.1) is 13.2 Å². The zero-order chi connectivity index (χ0) is 16.1. The fourth-order valence-corrected chi connectivity index (χ4v) is 3.70. The van der Waals surface area contributed by atoms with Crippen molar-refractivity contribution in [1.29, 1.82) is 0 Å². The smallest absolute Gasteiger partial charge is 0.266 e. The van der Waals surface area contributed by atoms with Crippen molar-refractivity contribution >= 4 is 17.2 Å². The Morgan fingerprint density at radius 2 is 2.13 bits per heavy atom. The number of thiophene rings is 1. The largest absolute Gasteiger partial charge is 0.487 e. The molecule has 2 heterocycles. The predicted octanol–water partition coefficient (Wildman–Crippen LogP) is 2.57. The lowest BCUT2D eigenvalue weighted by Gasteiger charge is -2.33. The molecule has 1 aliphatic carbocycles. The highest BCUT2D eigenvalue weighted by Gasteiger charge is 2.33. The van der Waals surface area contributed by atoms with Crippen LogP contribution in [0.2, 0.25) is 0 Å². The second-order valence-electron chi connectivity index (χ2n) is 5.84. The number of carbonyl (C=O) groups is 1. The van der Waals surface area contributed by atoms with Gasteiger partial charge in [0.25, 0.3) is 5.91 Å². The quantitative estimate of drug-likeness (QED) is 0.840. The molecule has 1 aliphatic heterocycles. The molecule has 124 valence electrons. The molecule has 2 fully saturated rings. The molecule has 6 heteroatoms. The Labute approximate surface area is 140 Å². The van der Waals surface area contributed by atoms with Crippen molar-refractivity contribution in [3.05, 3.63) is 16.3 Å². The Bertz CT molecular complexity index is 580. The summed E-state index contributed by atoms with van der Waals surface area (Å²) in [5.41, 5.74) is -0.520. The summed E-state index contributed by atoms with van der Waals surface area (Å²) in [5.74, 6) is 3.19.